The Morgan fingerprint density at radius 1 is 1.44 bits per heavy atom. The molecule has 0 bridgehead atoms. The highest BCUT2D eigenvalue weighted by Crippen LogP contribution is 2.37. The Bertz CT molecular complexity index is 275. The number of rotatable bonds is 5. The molecule has 104 valence electrons. The van der Waals surface area contributed by atoms with Crippen molar-refractivity contribution in [3.63, 3.8) is 0 Å². The number of nitrogens with one attached hydrogen (secondary N) is 1. The number of ether oxygens (including phenoxy) is 1. The summed E-state index contributed by atoms with van der Waals surface area (Å²) < 4.78 is 6.05. The van der Waals surface area contributed by atoms with Crippen molar-refractivity contribution in [1.29, 1.82) is 0 Å². The second-order valence-electron chi connectivity index (χ2n) is 5.36. The van der Waals surface area contributed by atoms with Crippen molar-refractivity contribution >= 4 is 17.7 Å². The van der Waals surface area contributed by atoms with E-state index in [4.69, 9.17) is 10.5 Å². The third-order valence-electron chi connectivity index (χ3n) is 3.93. The smallest absolute Gasteiger partial charge is 0.217 e. The van der Waals surface area contributed by atoms with E-state index in [1.165, 1.54) is 24.3 Å². The molecule has 2 aliphatic heterocycles. The molecule has 0 aliphatic carbocycles. The normalized spacial score (nSPS) is 27.2. The van der Waals surface area contributed by atoms with Crippen LogP contribution >= 0.6 is 11.8 Å². The number of hydrogen-bond donors (Lipinski definition) is 2. The lowest BCUT2D eigenvalue weighted by Crippen LogP contribution is -2.49. The Hall–Kier alpha value is -0.260. The topological polar surface area (TPSA) is 64.4 Å². The molecule has 5 heteroatoms. The summed E-state index contributed by atoms with van der Waals surface area (Å²) in [4.78, 5) is 10.7. The Morgan fingerprint density at radius 2 is 2.22 bits per heavy atom. The van der Waals surface area contributed by atoms with Crippen molar-refractivity contribution in [2.24, 2.45) is 5.73 Å². The van der Waals surface area contributed by atoms with Gasteiger partial charge in [-0.3, -0.25) is 4.79 Å². The zero-order chi connectivity index (χ0) is 12.8. The molecule has 0 aromatic rings. The van der Waals surface area contributed by atoms with Crippen LogP contribution in [0.4, 0.5) is 0 Å². The lowest BCUT2D eigenvalue weighted by molar-refractivity contribution is -0.118. The molecular formula is C13H24N2O2S. The van der Waals surface area contributed by atoms with Gasteiger partial charge >= 0.3 is 0 Å². The highest BCUT2D eigenvalue weighted by Gasteiger charge is 2.38. The predicted molar refractivity (Wildman–Crippen MR) is 74.7 cm³/mol. The Morgan fingerprint density at radius 3 is 2.94 bits per heavy atom. The van der Waals surface area contributed by atoms with E-state index in [0.717, 1.165) is 32.4 Å². The molecule has 1 atom stereocenters. The van der Waals surface area contributed by atoms with Gasteiger partial charge in [-0.2, -0.15) is 11.8 Å². The van der Waals surface area contributed by atoms with Gasteiger partial charge in [0.15, 0.2) is 0 Å². The summed E-state index contributed by atoms with van der Waals surface area (Å²) >= 11 is 2.04. The van der Waals surface area contributed by atoms with E-state index in [0.29, 0.717) is 12.5 Å². The van der Waals surface area contributed by atoms with Gasteiger partial charge in [-0.05, 0) is 50.2 Å². The lowest BCUT2D eigenvalue weighted by Gasteiger charge is -2.43. The first-order chi connectivity index (χ1) is 8.70. The first-order valence-electron chi connectivity index (χ1n) is 6.94. The van der Waals surface area contributed by atoms with Crippen molar-refractivity contribution < 1.29 is 9.53 Å². The molecule has 3 N–H and O–H groups in total. The molecule has 0 aromatic carbocycles. The van der Waals surface area contributed by atoms with Crippen LogP contribution in [0.15, 0.2) is 0 Å². The third kappa shape index (κ3) is 4.14. The summed E-state index contributed by atoms with van der Waals surface area (Å²) in [6.45, 7) is 1.76. The van der Waals surface area contributed by atoms with Crippen LogP contribution in [0.25, 0.3) is 0 Å². The zero-order valence-corrected chi connectivity index (χ0v) is 11.8. The van der Waals surface area contributed by atoms with Gasteiger partial charge in [0.2, 0.25) is 5.91 Å². The maximum atomic E-state index is 10.7. The minimum Gasteiger partial charge on any atom is -0.375 e. The molecule has 4 nitrogen and oxygen atoms in total. The van der Waals surface area contributed by atoms with Crippen LogP contribution in [0.5, 0.6) is 0 Å². The molecule has 0 radical (unpaired) electrons. The fourth-order valence-corrected chi connectivity index (χ4v) is 4.10. The van der Waals surface area contributed by atoms with E-state index in [9.17, 15) is 4.79 Å². The molecule has 0 saturated carbocycles. The van der Waals surface area contributed by atoms with Crippen molar-refractivity contribution in [2.45, 2.75) is 50.2 Å². The van der Waals surface area contributed by atoms with Gasteiger partial charge in [-0.25, -0.2) is 0 Å². The fraction of sp³-hybridized carbons (Fsp3) is 0.923. The first kappa shape index (κ1) is 14.2. The molecule has 1 unspecified atom stereocenters. The maximum Gasteiger partial charge on any atom is 0.217 e. The fourth-order valence-electron chi connectivity index (χ4n) is 2.86. The summed E-state index contributed by atoms with van der Waals surface area (Å²) in [5.74, 6) is 2.26. The molecule has 2 heterocycles. The average Bonchev–Trinajstić information content (AvgIpc) is 2.36. The number of carbonyl (C=O) groups excluding carboxylic acids is 1. The van der Waals surface area contributed by atoms with Crippen LogP contribution in [0.3, 0.4) is 0 Å². The van der Waals surface area contributed by atoms with E-state index in [1.807, 2.05) is 11.8 Å². The largest absolute Gasteiger partial charge is 0.375 e. The number of thioether (sulfide) groups is 1. The van der Waals surface area contributed by atoms with Gasteiger partial charge in [-0.15, -0.1) is 0 Å². The molecule has 1 amide bonds. The van der Waals surface area contributed by atoms with Crippen molar-refractivity contribution in [3.8, 4) is 0 Å². The summed E-state index contributed by atoms with van der Waals surface area (Å²) in [6, 6.07) is 0.551. The zero-order valence-electron chi connectivity index (χ0n) is 11.0. The minimum absolute atomic E-state index is 0.144. The molecule has 2 fully saturated rings. The van der Waals surface area contributed by atoms with Crippen LogP contribution in [-0.2, 0) is 9.53 Å². The molecule has 0 aromatic heterocycles. The highest BCUT2D eigenvalue weighted by atomic mass is 32.2. The second-order valence-corrected chi connectivity index (χ2v) is 6.58. The van der Waals surface area contributed by atoms with Crippen LogP contribution in [-0.4, -0.2) is 42.2 Å². The van der Waals surface area contributed by atoms with Gasteiger partial charge in [0, 0.05) is 19.1 Å². The number of carbonyl (C=O) groups is 1. The monoisotopic (exact) mass is 272 g/mol. The maximum absolute atomic E-state index is 10.7. The summed E-state index contributed by atoms with van der Waals surface area (Å²) in [5, 5.41) is 3.55. The minimum atomic E-state index is -0.204. The molecule has 2 rings (SSSR count). The first-order valence-corrected chi connectivity index (χ1v) is 8.09. The SMILES string of the molecule is NC(=O)CCCNC1CCOC2(CCSCC2)C1. The molecule has 2 aliphatic rings. The summed E-state index contributed by atoms with van der Waals surface area (Å²) in [5.41, 5.74) is 5.28. The van der Waals surface area contributed by atoms with Crippen LogP contribution in [0, 0.1) is 0 Å². The Balaban J connectivity index is 1.71. The molecule has 18 heavy (non-hydrogen) atoms. The Kier molecular flexibility index (Phi) is 5.33. The van der Waals surface area contributed by atoms with Crippen molar-refractivity contribution in [1.82, 2.24) is 5.32 Å². The van der Waals surface area contributed by atoms with Gasteiger partial charge in [-0.1, -0.05) is 0 Å². The quantitative estimate of drug-likeness (QED) is 0.740. The summed E-state index contributed by atoms with van der Waals surface area (Å²) in [6.07, 6.45) is 5.93. The number of primary amides is 1. The molecule has 2 saturated heterocycles. The van der Waals surface area contributed by atoms with E-state index in [1.54, 1.807) is 0 Å². The van der Waals surface area contributed by atoms with Crippen molar-refractivity contribution in [3.05, 3.63) is 0 Å². The number of amides is 1. The standard InChI is InChI=1S/C13H24N2O2S/c14-12(16)2-1-6-15-11-3-7-17-13(10-11)4-8-18-9-5-13/h11,15H,1-10H2,(H2,14,16). The van der Waals surface area contributed by atoms with E-state index >= 15 is 0 Å². The number of nitrogens with two attached hydrogens (primary N) is 1. The number of hydrogen-bond acceptors (Lipinski definition) is 4. The molecule has 1 spiro atoms. The second kappa shape index (κ2) is 6.78. The average molecular weight is 272 g/mol. The lowest BCUT2D eigenvalue weighted by atomic mass is 9.85. The molecular weight excluding hydrogens is 248 g/mol. The van der Waals surface area contributed by atoms with Crippen LogP contribution < -0.4 is 11.1 Å². The summed E-state index contributed by atoms with van der Waals surface area (Å²) in [7, 11) is 0. The van der Waals surface area contributed by atoms with E-state index in [2.05, 4.69) is 5.32 Å². The van der Waals surface area contributed by atoms with Gasteiger partial charge in [0.25, 0.3) is 0 Å². The Labute approximate surface area is 113 Å². The van der Waals surface area contributed by atoms with Crippen LogP contribution in [0.1, 0.15) is 38.5 Å². The van der Waals surface area contributed by atoms with Crippen molar-refractivity contribution in [2.75, 3.05) is 24.7 Å². The van der Waals surface area contributed by atoms with Gasteiger partial charge in [0.05, 0.1) is 5.60 Å². The predicted octanol–water partition coefficient (Wildman–Crippen LogP) is 1.29. The highest BCUT2D eigenvalue weighted by molar-refractivity contribution is 7.99. The third-order valence-corrected chi connectivity index (χ3v) is 4.92. The van der Waals surface area contributed by atoms with Crippen LogP contribution in [0.2, 0.25) is 0 Å². The van der Waals surface area contributed by atoms with E-state index < -0.39 is 0 Å². The van der Waals surface area contributed by atoms with E-state index in [-0.39, 0.29) is 11.5 Å². The van der Waals surface area contributed by atoms with Gasteiger partial charge in [0.1, 0.15) is 0 Å². The van der Waals surface area contributed by atoms with Gasteiger partial charge < -0.3 is 15.8 Å².